The van der Waals surface area contributed by atoms with Crippen LogP contribution < -0.4 is 0 Å². The molecule has 0 N–H and O–H groups in total. The van der Waals surface area contributed by atoms with Gasteiger partial charge in [-0.1, -0.05) is 0 Å². The number of hydrogen-bond donors (Lipinski definition) is 0. The molecule has 2 aliphatic rings. The van der Waals surface area contributed by atoms with Gasteiger partial charge < -0.3 is 0 Å². The second kappa shape index (κ2) is 2.54. The lowest BCUT2D eigenvalue weighted by molar-refractivity contribution is 0.167. The smallest absolute Gasteiger partial charge is 0.0130 e. The van der Waals surface area contributed by atoms with Crippen LogP contribution in [-0.4, -0.2) is 23.5 Å². The molecule has 2 atom stereocenters. The fraction of sp³-hybridized carbons (Fsp3) is 0.889. The molecule has 0 spiro atoms. The van der Waals surface area contributed by atoms with E-state index in [0.717, 1.165) is 12.1 Å². The van der Waals surface area contributed by atoms with Gasteiger partial charge in [0, 0.05) is 12.1 Å². The predicted molar refractivity (Wildman–Crippen MR) is 42.7 cm³/mol. The number of rotatable bonds is 1. The summed E-state index contributed by atoms with van der Waals surface area (Å²) >= 11 is 0. The monoisotopic (exact) mass is 138 g/mol. The molecule has 0 aromatic carbocycles. The van der Waals surface area contributed by atoms with Gasteiger partial charge in [0.25, 0.3) is 0 Å². The molecule has 1 nitrogen and oxygen atoms in total. The van der Waals surface area contributed by atoms with E-state index in [2.05, 4.69) is 18.2 Å². The maximum Gasteiger partial charge on any atom is 0.0130 e. The lowest BCUT2D eigenvalue weighted by Crippen LogP contribution is -2.42. The third kappa shape index (κ3) is 0.968. The van der Waals surface area contributed by atoms with E-state index < -0.39 is 0 Å². The second-order valence-corrected chi connectivity index (χ2v) is 3.61. The number of hydrogen-bond acceptors (Lipinski definition) is 1. The molecule has 2 unspecified atom stereocenters. The molecule has 0 aromatic heterocycles. The van der Waals surface area contributed by atoms with Gasteiger partial charge in [0.05, 0.1) is 0 Å². The molecule has 2 rings (SSSR count). The Bertz CT molecular complexity index is 118. The van der Waals surface area contributed by atoms with Gasteiger partial charge in [-0.3, -0.25) is 4.90 Å². The minimum Gasteiger partial charge on any atom is -0.297 e. The summed E-state index contributed by atoms with van der Waals surface area (Å²) in [6.07, 6.45) is 8.08. The molecule has 1 heteroatoms. The molecular formula is C9H16N. The van der Waals surface area contributed by atoms with Gasteiger partial charge in [0.15, 0.2) is 0 Å². The largest absolute Gasteiger partial charge is 0.297 e. The summed E-state index contributed by atoms with van der Waals surface area (Å²) in [5.74, 6) is 0. The summed E-state index contributed by atoms with van der Waals surface area (Å²) in [7, 11) is 0. The van der Waals surface area contributed by atoms with Crippen LogP contribution in [0.5, 0.6) is 0 Å². The van der Waals surface area contributed by atoms with Gasteiger partial charge in [-0.2, -0.15) is 0 Å². The average molecular weight is 138 g/mol. The summed E-state index contributed by atoms with van der Waals surface area (Å²) in [6.45, 7) is 3.71. The highest BCUT2D eigenvalue weighted by Crippen LogP contribution is 2.29. The van der Waals surface area contributed by atoms with Crippen LogP contribution in [0, 0.1) is 6.42 Å². The Morgan fingerprint density at radius 1 is 1.40 bits per heavy atom. The molecule has 0 amide bonds. The molecular weight excluding hydrogens is 122 g/mol. The Morgan fingerprint density at radius 3 is 2.60 bits per heavy atom. The van der Waals surface area contributed by atoms with Gasteiger partial charge in [-0.15, -0.1) is 0 Å². The summed E-state index contributed by atoms with van der Waals surface area (Å²) < 4.78 is 0. The van der Waals surface area contributed by atoms with E-state index >= 15 is 0 Å². The first-order valence-electron chi connectivity index (χ1n) is 4.47. The molecule has 1 aliphatic carbocycles. The van der Waals surface area contributed by atoms with E-state index in [-0.39, 0.29) is 0 Å². The summed E-state index contributed by atoms with van der Waals surface area (Å²) in [4.78, 5) is 2.66. The molecule has 57 valence electrons. The molecule has 1 saturated heterocycles. The van der Waals surface area contributed by atoms with Crippen LogP contribution in [0.1, 0.15) is 32.6 Å². The van der Waals surface area contributed by atoms with Crippen molar-refractivity contribution >= 4 is 0 Å². The zero-order valence-electron chi connectivity index (χ0n) is 6.71. The molecule has 1 heterocycles. The van der Waals surface area contributed by atoms with E-state index in [1.807, 2.05) is 0 Å². The van der Waals surface area contributed by atoms with Crippen molar-refractivity contribution in [3.05, 3.63) is 6.42 Å². The fourth-order valence-corrected chi connectivity index (χ4v) is 2.07. The highest BCUT2D eigenvalue weighted by atomic mass is 15.2. The normalized spacial score (nSPS) is 36.3. The van der Waals surface area contributed by atoms with Crippen LogP contribution >= 0.6 is 0 Å². The molecule has 0 bridgehead atoms. The summed E-state index contributed by atoms with van der Waals surface area (Å²) in [6, 6.07) is 1.72. The maximum absolute atomic E-state index is 2.66. The predicted octanol–water partition coefficient (Wildman–Crippen LogP) is 1.84. The standard InChI is InChI=1S/C9H16N/c1-8-4-3-7-10(8)9-5-2-6-9/h5,8-9H,2-4,6-7H2,1H3. The van der Waals surface area contributed by atoms with Crippen molar-refractivity contribution in [3.8, 4) is 0 Å². The molecule has 1 saturated carbocycles. The zero-order chi connectivity index (χ0) is 6.97. The van der Waals surface area contributed by atoms with Gasteiger partial charge in [0.2, 0.25) is 0 Å². The van der Waals surface area contributed by atoms with Crippen molar-refractivity contribution in [3.63, 3.8) is 0 Å². The van der Waals surface area contributed by atoms with Crippen LogP contribution in [0.25, 0.3) is 0 Å². The Labute approximate surface area is 63.4 Å². The van der Waals surface area contributed by atoms with Gasteiger partial charge in [-0.25, -0.2) is 0 Å². The Balaban J connectivity index is 1.90. The minimum absolute atomic E-state index is 0.859. The van der Waals surface area contributed by atoms with Gasteiger partial charge in [0.1, 0.15) is 0 Å². The summed E-state index contributed by atoms with van der Waals surface area (Å²) in [5, 5.41) is 0. The van der Waals surface area contributed by atoms with Crippen molar-refractivity contribution in [2.24, 2.45) is 0 Å². The van der Waals surface area contributed by atoms with E-state index in [4.69, 9.17) is 0 Å². The van der Waals surface area contributed by atoms with E-state index in [1.54, 1.807) is 0 Å². The van der Waals surface area contributed by atoms with Crippen molar-refractivity contribution < 1.29 is 0 Å². The van der Waals surface area contributed by atoms with Crippen molar-refractivity contribution in [1.29, 1.82) is 0 Å². The first-order chi connectivity index (χ1) is 4.88. The van der Waals surface area contributed by atoms with Crippen LogP contribution in [0.4, 0.5) is 0 Å². The topological polar surface area (TPSA) is 3.24 Å². The summed E-state index contributed by atoms with van der Waals surface area (Å²) in [5.41, 5.74) is 0. The minimum atomic E-state index is 0.859. The van der Waals surface area contributed by atoms with E-state index in [0.29, 0.717) is 0 Å². The maximum atomic E-state index is 2.66. The quantitative estimate of drug-likeness (QED) is 0.534. The van der Waals surface area contributed by atoms with Crippen LogP contribution in [0.2, 0.25) is 0 Å². The first kappa shape index (κ1) is 6.66. The lowest BCUT2D eigenvalue weighted by atomic mass is 9.91. The highest BCUT2D eigenvalue weighted by Gasteiger charge is 2.31. The Hall–Kier alpha value is -0.0400. The first-order valence-corrected chi connectivity index (χ1v) is 4.47. The molecule has 1 aliphatic heterocycles. The van der Waals surface area contributed by atoms with Gasteiger partial charge in [-0.05, 0) is 45.6 Å². The fourth-order valence-electron chi connectivity index (χ4n) is 2.07. The van der Waals surface area contributed by atoms with Crippen LogP contribution in [-0.2, 0) is 0 Å². The molecule has 1 radical (unpaired) electrons. The lowest BCUT2D eigenvalue weighted by Gasteiger charge is -2.37. The Morgan fingerprint density at radius 2 is 2.20 bits per heavy atom. The van der Waals surface area contributed by atoms with Crippen LogP contribution in [0.15, 0.2) is 0 Å². The van der Waals surface area contributed by atoms with Crippen molar-refractivity contribution in [2.75, 3.05) is 6.54 Å². The second-order valence-electron chi connectivity index (χ2n) is 3.61. The van der Waals surface area contributed by atoms with Crippen molar-refractivity contribution in [1.82, 2.24) is 4.90 Å². The molecule has 2 fully saturated rings. The third-order valence-corrected chi connectivity index (χ3v) is 2.93. The molecule has 0 aromatic rings. The number of nitrogens with zero attached hydrogens (tertiary/aromatic N) is 1. The highest BCUT2D eigenvalue weighted by molar-refractivity contribution is 4.98. The third-order valence-electron chi connectivity index (χ3n) is 2.93. The van der Waals surface area contributed by atoms with Gasteiger partial charge >= 0.3 is 0 Å². The number of likely N-dealkylation sites (tertiary alicyclic amines) is 1. The van der Waals surface area contributed by atoms with Crippen LogP contribution in [0.3, 0.4) is 0 Å². The SMILES string of the molecule is CC1CCCN1C1[CH]CC1. The van der Waals surface area contributed by atoms with E-state index in [1.165, 1.54) is 32.2 Å². The average Bonchev–Trinajstić information content (AvgIpc) is 2.12. The zero-order valence-corrected chi connectivity index (χ0v) is 6.71. The van der Waals surface area contributed by atoms with Crippen molar-refractivity contribution in [2.45, 2.75) is 44.7 Å². The van der Waals surface area contributed by atoms with E-state index in [9.17, 15) is 0 Å². The molecule has 10 heavy (non-hydrogen) atoms. The Kier molecular flexibility index (Phi) is 1.69.